The lowest BCUT2D eigenvalue weighted by Crippen LogP contribution is -2.39. The van der Waals surface area contributed by atoms with Crippen LogP contribution in [0.5, 0.6) is 0 Å². The standard InChI is InChI=1S/C11H19NO2.C2H6/c1-11-6-4-3-5-8(11)9(10(13)14)12(2)7-11;1-2/h8-9H,3-7H2,1-2H3,(H,13,14);1-2H3/t8-,9-,11+;/m1./s1. The van der Waals surface area contributed by atoms with Crippen LogP contribution in [0.15, 0.2) is 0 Å². The van der Waals surface area contributed by atoms with Crippen molar-refractivity contribution in [3.8, 4) is 0 Å². The highest BCUT2D eigenvalue weighted by Gasteiger charge is 2.51. The number of carbonyl (C=O) groups is 1. The van der Waals surface area contributed by atoms with Gasteiger partial charge in [-0.1, -0.05) is 33.6 Å². The van der Waals surface area contributed by atoms with E-state index in [0.29, 0.717) is 5.92 Å². The Labute approximate surface area is 98.8 Å². The molecule has 94 valence electrons. The van der Waals surface area contributed by atoms with Gasteiger partial charge in [-0.15, -0.1) is 0 Å². The average Bonchev–Trinajstić information content (AvgIpc) is 2.50. The molecule has 0 aromatic carbocycles. The Hall–Kier alpha value is -0.570. The van der Waals surface area contributed by atoms with Gasteiger partial charge in [0.25, 0.3) is 0 Å². The van der Waals surface area contributed by atoms with Crippen LogP contribution in [0.25, 0.3) is 0 Å². The number of carboxylic acid groups (broad SMARTS) is 1. The molecule has 0 aromatic rings. The zero-order valence-corrected chi connectivity index (χ0v) is 11.0. The van der Waals surface area contributed by atoms with Gasteiger partial charge in [-0.2, -0.15) is 0 Å². The molecule has 16 heavy (non-hydrogen) atoms. The van der Waals surface area contributed by atoms with Crippen molar-refractivity contribution < 1.29 is 9.90 Å². The van der Waals surface area contributed by atoms with Gasteiger partial charge in [0.15, 0.2) is 0 Å². The number of nitrogens with zero attached hydrogens (tertiary/aromatic N) is 1. The van der Waals surface area contributed by atoms with Gasteiger partial charge in [-0.05, 0) is 31.2 Å². The van der Waals surface area contributed by atoms with Gasteiger partial charge in [0.05, 0.1) is 0 Å². The molecule has 0 aromatic heterocycles. The van der Waals surface area contributed by atoms with Gasteiger partial charge in [0.2, 0.25) is 0 Å². The second-order valence-corrected chi connectivity index (χ2v) is 5.20. The molecule has 0 spiro atoms. The van der Waals surface area contributed by atoms with Gasteiger partial charge in [0, 0.05) is 6.54 Å². The molecule has 1 aliphatic carbocycles. The Kier molecular flexibility index (Phi) is 4.36. The summed E-state index contributed by atoms with van der Waals surface area (Å²) in [6.07, 6.45) is 4.77. The first-order valence-corrected chi connectivity index (χ1v) is 6.48. The van der Waals surface area contributed by atoms with Crippen molar-refractivity contribution in [2.45, 2.75) is 52.5 Å². The van der Waals surface area contributed by atoms with Crippen LogP contribution in [0.4, 0.5) is 0 Å². The molecule has 1 N–H and O–H groups in total. The van der Waals surface area contributed by atoms with Crippen molar-refractivity contribution in [3.63, 3.8) is 0 Å². The van der Waals surface area contributed by atoms with E-state index in [1.807, 2.05) is 25.8 Å². The quantitative estimate of drug-likeness (QED) is 0.748. The number of carboxylic acids is 1. The number of aliphatic carboxylic acids is 1. The van der Waals surface area contributed by atoms with Crippen LogP contribution in [0, 0.1) is 11.3 Å². The Morgan fingerprint density at radius 1 is 1.38 bits per heavy atom. The maximum atomic E-state index is 11.2. The van der Waals surface area contributed by atoms with Crippen LogP contribution < -0.4 is 0 Å². The van der Waals surface area contributed by atoms with Gasteiger partial charge < -0.3 is 5.11 Å². The summed E-state index contributed by atoms with van der Waals surface area (Å²) in [6.45, 7) is 7.21. The van der Waals surface area contributed by atoms with Crippen molar-refractivity contribution in [3.05, 3.63) is 0 Å². The minimum Gasteiger partial charge on any atom is -0.480 e. The lowest BCUT2D eigenvalue weighted by atomic mass is 9.67. The highest BCUT2D eigenvalue weighted by molar-refractivity contribution is 5.74. The molecular weight excluding hydrogens is 202 g/mol. The highest BCUT2D eigenvalue weighted by Crippen LogP contribution is 2.49. The molecule has 2 rings (SSSR count). The van der Waals surface area contributed by atoms with E-state index in [1.54, 1.807) is 0 Å². The third kappa shape index (κ3) is 2.24. The largest absolute Gasteiger partial charge is 0.480 e. The van der Waals surface area contributed by atoms with Crippen LogP contribution in [0.3, 0.4) is 0 Å². The molecule has 0 amide bonds. The Morgan fingerprint density at radius 3 is 2.56 bits per heavy atom. The number of hydrogen-bond donors (Lipinski definition) is 1. The van der Waals surface area contributed by atoms with Gasteiger partial charge in [-0.3, -0.25) is 9.69 Å². The summed E-state index contributed by atoms with van der Waals surface area (Å²) in [5, 5.41) is 9.20. The predicted molar refractivity (Wildman–Crippen MR) is 65.5 cm³/mol. The number of likely N-dealkylation sites (tertiary alicyclic amines) is 1. The third-order valence-electron chi connectivity index (χ3n) is 4.13. The number of likely N-dealkylation sites (N-methyl/N-ethyl adjacent to an activating group) is 1. The summed E-state index contributed by atoms with van der Waals surface area (Å²) in [7, 11) is 1.95. The monoisotopic (exact) mass is 227 g/mol. The van der Waals surface area contributed by atoms with E-state index in [1.165, 1.54) is 19.3 Å². The van der Waals surface area contributed by atoms with Crippen molar-refractivity contribution in [2.75, 3.05) is 13.6 Å². The van der Waals surface area contributed by atoms with E-state index in [0.717, 1.165) is 13.0 Å². The van der Waals surface area contributed by atoms with Gasteiger partial charge in [-0.25, -0.2) is 0 Å². The molecule has 2 fully saturated rings. The molecule has 0 bridgehead atoms. The maximum Gasteiger partial charge on any atom is 0.321 e. The number of fused-ring (bicyclic) bond motifs is 1. The lowest BCUT2D eigenvalue weighted by molar-refractivity contribution is -0.143. The third-order valence-corrected chi connectivity index (χ3v) is 4.13. The van der Waals surface area contributed by atoms with Crippen LogP contribution in [-0.4, -0.2) is 35.6 Å². The van der Waals surface area contributed by atoms with E-state index in [9.17, 15) is 9.90 Å². The van der Waals surface area contributed by atoms with Crippen molar-refractivity contribution >= 4 is 5.97 Å². The first-order chi connectivity index (χ1) is 7.54. The summed E-state index contributed by atoms with van der Waals surface area (Å²) < 4.78 is 0. The molecular formula is C13H25NO2. The molecule has 3 atom stereocenters. The Morgan fingerprint density at radius 2 is 2.00 bits per heavy atom. The summed E-state index contributed by atoms with van der Waals surface area (Å²) in [4.78, 5) is 13.2. The van der Waals surface area contributed by atoms with Crippen molar-refractivity contribution in [2.24, 2.45) is 11.3 Å². The summed E-state index contributed by atoms with van der Waals surface area (Å²) in [5.74, 6) is -0.262. The average molecular weight is 227 g/mol. The van der Waals surface area contributed by atoms with Crippen molar-refractivity contribution in [1.82, 2.24) is 4.90 Å². The van der Waals surface area contributed by atoms with E-state index < -0.39 is 5.97 Å². The van der Waals surface area contributed by atoms with E-state index in [4.69, 9.17) is 0 Å². The van der Waals surface area contributed by atoms with Crippen molar-refractivity contribution in [1.29, 1.82) is 0 Å². The molecule has 0 radical (unpaired) electrons. The fraction of sp³-hybridized carbons (Fsp3) is 0.923. The van der Waals surface area contributed by atoms with Gasteiger partial charge in [0.1, 0.15) is 6.04 Å². The molecule has 1 heterocycles. The fourth-order valence-electron chi connectivity index (χ4n) is 3.50. The summed E-state index contributed by atoms with van der Waals surface area (Å²) >= 11 is 0. The predicted octanol–water partition coefficient (Wildman–Crippen LogP) is 2.61. The Balaban J connectivity index is 0.000000606. The minimum atomic E-state index is -0.636. The molecule has 3 heteroatoms. The summed E-state index contributed by atoms with van der Waals surface area (Å²) in [6, 6.07) is -0.236. The second kappa shape index (κ2) is 5.17. The van der Waals surface area contributed by atoms with E-state index >= 15 is 0 Å². The molecule has 1 aliphatic heterocycles. The molecule has 3 nitrogen and oxygen atoms in total. The smallest absolute Gasteiger partial charge is 0.321 e. The van der Waals surface area contributed by atoms with Crippen LogP contribution in [0.1, 0.15) is 46.5 Å². The molecule has 1 saturated carbocycles. The second-order valence-electron chi connectivity index (χ2n) is 5.20. The molecule has 1 saturated heterocycles. The Bertz CT molecular complexity index is 254. The van der Waals surface area contributed by atoms with Crippen LogP contribution in [0.2, 0.25) is 0 Å². The highest BCUT2D eigenvalue weighted by atomic mass is 16.4. The van der Waals surface area contributed by atoms with E-state index in [2.05, 4.69) is 6.92 Å². The summed E-state index contributed by atoms with van der Waals surface area (Å²) in [5.41, 5.74) is 0.260. The zero-order valence-electron chi connectivity index (χ0n) is 11.0. The lowest BCUT2D eigenvalue weighted by Gasteiger charge is -2.36. The minimum absolute atomic E-state index is 0.236. The van der Waals surface area contributed by atoms with Gasteiger partial charge >= 0.3 is 5.97 Å². The van der Waals surface area contributed by atoms with Crippen LogP contribution in [-0.2, 0) is 4.79 Å². The maximum absolute atomic E-state index is 11.2. The normalized spacial score (nSPS) is 38.5. The fourth-order valence-corrected chi connectivity index (χ4v) is 3.50. The van der Waals surface area contributed by atoms with E-state index in [-0.39, 0.29) is 11.5 Å². The zero-order chi connectivity index (χ0) is 12.3. The molecule has 2 aliphatic rings. The van der Waals surface area contributed by atoms with Crippen LogP contribution >= 0.6 is 0 Å². The first kappa shape index (κ1) is 13.5. The number of rotatable bonds is 1. The topological polar surface area (TPSA) is 40.5 Å². The molecule has 0 unspecified atom stereocenters. The number of hydrogen-bond acceptors (Lipinski definition) is 2. The SMILES string of the molecule is CC.CN1C[C@]2(C)CCCC[C@@H]2[C@@H]1C(=O)O. The first-order valence-electron chi connectivity index (χ1n) is 6.48.